The van der Waals surface area contributed by atoms with Gasteiger partial charge in [-0.2, -0.15) is 0 Å². The number of rotatable bonds is 24. The van der Waals surface area contributed by atoms with Gasteiger partial charge >= 0.3 is 17.9 Å². The molecule has 0 rings (SSSR count). The SMILES string of the molecule is C=CC(=O)OC(CCCCCCCCCC)COC(C)OC(=O)CCC(=O)CC(OC(=O)C=C)C(=O)CC. The van der Waals surface area contributed by atoms with Gasteiger partial charge in [0.05, 0.1) is 19.4 Å². The van der Waals surface area contributed by atoms with E-state index >= 15 is 0 Å². The average molecular weight is 539 g/mol. The van der Waals surface area contributed by atoms with Gasteiger partial charge < -0.3 is 18.9 Å². The Balaban J connectivity index is 4.46. The minimum Gasteiger partial charge on any atom is -0.457 e. The van der Waals surface area contributed by atoms with Crippen LogP contribution in [0.3, 0.4) is 0 Å². The molecule has 0 saturated carbocycles. The van der Waals surface area contributed by atoms with Crippen LogP contribution in [0.15, 0.2) is 25.3 Å². The first-order chi connectivity index (χ1) is 18.2. The topological polar surface area (TPSA) is 122 Å². The summed E-state index contributed by atoms with van der Waals surface area (Å²) in [6.07, 6.45) is 8.63. The van der Waals surface area contributed by atoms with Crippen LogP contribution in [0.5, 0.6) is 0 Å². The lowest BCUT2D eigenvalue weighted by Crippen LogP contribution is -2.29. The zero-order chi connectivity index (χ0) is 28.8. The number of hydrogen-bond donors (Lipinski definition) is 0. The maximum Gasteiger partial charge on any atom is 0.330 e. The van der Waals surface area contributed by atoms with Crippen molar-refractivity contribution in [3.8, 4) is 0 Å². The fraction of sp³-hybridized carbons (Fsp3) is 0.690. The summed E-state index contributed by atoms with van der Waals surface area (Å²) in [5.74, 6) is -2.80. The molecule has 216 valence electrons. The lowest BCUT2D eigenvalue weighted by molar-refractivity contribution is -0.183. The molecule has 9 nitrogen and oxygen atoms in total. The number of hydrogen-bond acceptors (Lipinski definition) is 9. The molecule has 0 aliphatic rings. The second-order valence-electron chi connectivity index (χ2n) is 9.11. The second kappa shape index (κ2) is 22.2. The van der Waals surface area contributed by atoms with Crippen LogP contribution in [-0.2, 0) is 42.9 Å². The predicted molar refractivity (Wildman–Crippen MR) is 143 cm³/mol. The number of Topliss-reactive ketones (excluding diaryl/α,β-unsaturated/α-hetero) is 2. The zero-order valence-electron chi connectivity index (χ0n) is 23.4. The Morgan fingerprint density at radius 3 is 1.92 bits per heavy atom. The Bertz CT molecular complexity index is 759. The fourth-order valence-corrected chi connectivity index (χ4v) is 3.60. The molecule has 0 fully saturated rings. The van der Waals surface area contributed by atoms with Crippen molar-refractivity contribution in [1.82, 2.24) is 0 Å². The summed E-state index contributed by atoms with van der Waals surface area (Å²) in [7, 11) is 0. The lowest BCUT2D eigenvalue weighted by Gasteiger charge is -2.20. The van der Waals surface area contributed by atoms with Gasteiger partial charge in [-0.25, -0.2) is 9.59 Å². The van der Waals surface area contributed by atoms with E-state index in [4.69, 9.17) is 18.9 Å². The van der Waals surface area contributed by atoms with Gasteiger partial charge in [-0.05, 0) is 19.8 Å². The third-order valence-corrected chi connectivity index (χ3v) is 5.80. The molecule has 0 saturated heterocycles. The highest BCUT2D eigenvalue weighted by Gasteiger charge is 2.24. The van der Waals surface area contributed by atoms with Gasteiger partial charge in [0.25, 0.3) is 0 Å². The third-order valence-electron chi connectivity index (χ3n) is 5.80. The number of ether oxygens (including phenoxy) is 4. The number of ketones is 2. The lowest BCUT2D eigenvalue weighted by atomic mass is 10.0. The van der Waals surface area contributed by atoms with Gasteiger partial charge in [0, 0.05) is 25.0 Å². The largest absolute Gasteiger partial charge is 0.457 e. The first kappa shape index (κ1) is 35.2. The van der Waals surface area contributed by atoms with E-state index in [9.17, 15) is 24.0 Å². The van der Waals surface area contributed by atoms with Gasteiger partial charge in [0.2, 0.25) is 0 Å². The molecule has 0 heterocycles. The fourth-order valence-electron chi connectivity index (χ4n) is 3.60. The molecule has 3 unspecified atom stereocenters. The van der Waals surface area contributed by atoms with E-state index in [1.165, 1.54) is 39.0 Å². The van der Waals surface area contributed by atoms with Crippen LogP contribution in [0.4, 0.5) is 0 Å². The van der Waals surface area contributed by atoms with Crippen molar-refractivity contribution >= 4 is 29.5 Å². The molecule has 0 bridgehead atoms. The molecular weight excluding hydrogens is 492 g/mol. The molecule has 0 aliphatic carbocycles. The van der Waals surface area contributed by atoms with Gasteiger partial charge in [-0.15, -0.1) is 0 Å². The summed E-state index contributed by atoms with van der Waals surface area (Å²) in [6, 6.07) is 0. The molecular formula is C29H46O9. The van der Waals surface area contributed by atoms with Crippen molar-refractivity contribution in [2.45, 2.75) is 123 Å². The van der Waals surface area contributed by atoms with Crippen LogP contribution in [0.2, 0.25) is 0 Å². The molecule has 9 heteroatoms. The normalized spacial score (nSPS) is 13.0. The highest BCUT2D eigenvalue weighted by molar-refractivity contribution is 5.93. The van der Waals surface area contributed by atoms with Gasteiger partial charge in [0.1, 0.15) is 11.9 Å². The molecule has 0 N–H and O–H groups in total. The summed E-state index contributed by atoms with van der Waals surface area (Å²) < 4.78 is 21.1. The minimum atomic E-state index is -1.20. The molecule has 0 aliphatic heterocycles. The van der Waals surface area contributed by atoms with Gasteiger partial charge in [0.15, 0.2) is 18.2 Å². The van der Waals surface area contributed by atoms with E-state index in [1.807, 2.05) is 0 Å². The summed E-state index contributed by atoms with van der Waals surface area (Å²) in [4.78, 5) is 59.4. The molecule has 0 aromatic rings. The van der Waals surface area contributed by atoms with E-state index < -0.39 is 48.0 Å². The first-order valence-electron chi connectivity index (χ1n) is 13.7. The quantitative estimate of drug-likeness (QED) is 0.0527. The Morgan fingerprint density at radius 2 is 1.34 bits per heavy atom. The molecule has 0 radical (unpaired) electrons. The monoisotopic (exact) mass is 538 g/mol. The van der Waals surface area contributed by atoms with Crippen LogP contribution in [0.1, 0.15) is 104 Å². The van der Waals surface area contributed by atoms with Crippen molar-refractivity contribution in [2.75, 3.05) is 6.61 Å². The smallest absolute Gasteiger partial charge is 0.330 e. The van der Waals surface area contributed by atoms with Crippen LogP contribution < -0.4 is 0 Å². The van der Waals surface area contributed by atoms with Crippen molar-refractivity contribution < 1.29 is 42.9 Å². The summed E-state index contributed by atoms with van der Waals surface area (Å²) >= 11 is 0. The molecule has 0 aromatic heterocycles. The number of carbonyl (C=O) groups excluding carboxylic acids is 5. The average Bonchev–Trinajstić information content (AvgIpc) is 2.90. The molecule has 3 atom stereocenters. The first-order valence-corrected chi connectivity index (χ1v) is 13.7. The summed E-state index contributed by atoms with van der Waals surface area (Å²) in [5.41, 5.74) is 0. The highest BCUT2D eigenvalue weighted by atomic mass is 16.7. The number of unbranched alkanes of at least 4 members (excludes halogenated alkanes) is 7. The third kappa shape index (κ3) is 18.4. The maximum atomic E-state index is 12.2. The van der Waals surface area contributed by atoms with Crippen LogP contribution in [0.25, 0.3) is 0 Å². The van der Waals surface area contributed by atoms with Crippen LogP contribution >= 0.6 is 0 Å². The van der Waals surface area contributed by atoms with Crippen molar-refractivity contribution in [1.29, 1.82) is 0 Å². The van der Waals surface area contributed by atoms with Crippen LogP contribution in [0, 0.1) is 0 Å². The van der Waals surface area contributed by atoms with E-state index in [2.05, 4.69) is 20.1 Å². The minimum absolute atomic E-state index is 0.0545. The van der Waals surface area contributed by atoms with E-state index in [0.29, 0.717) is 6.42 Å². The highest BCUT2D eigenvalue weighted by Crippen LogP contribution is 2.14. The standard InChI is InChI=1S/C29H46O9/c1-6-10-11-12-13-14-15-16-17-24(37-27(32)8-3)21-35-22(5)36-29(34)19-18-23(30)20-26(25(31)7-2)38-28(33)9-4/h8-9,22,24,26H,3-4,6-7,10-21H2,1-2,5H3. The van der Waals surface area contributed by atoms with Crippen LogP contribution in [-0.4, -0.2) is 54.6 Å². The zero-order valence-corrected chi connectivity index (χ0v) is 23.4. The Kier molecular flexibility index (Phi) is 20.6. The predicted octanol–water partition coefficient (Wildman–Crippen LogP) is 5.34. The maximum absolute atomic E-state index is 12.2. The number of esters is 3. The van der Waals surface area contributed by atoms with Crippen molar-refractivity contribution in [3.63, 3.8) is 0 Å². The number of carbonyl (C=O) groups is 5. The Hall–Kier alpha value is -2.81. The van der Waals surface area contributed by atoms with Gasteiger partial charge in [-0.3, -0.25) is 14.4 Å². The van der Waals surface area contributed by atoms with E-state index in [0.717, 1.165) is 31.4 Å². The van der Waals surface area contributed by atoms with E-state index in [-0.39, 0.29) is 32.3 Å². The molecule has 38 heavy (non-hydrogen) atoms. The Morgan fingerprint density at radius 1 is 0.763 bits per heavy atom. The molecule has 0 spiro atoms. The molecule has 0 aromatic carbocycles. The molecule has 0 amide bonds. The van der Waals surface area contributed by atoms with E-state index in [1.54, 1.807) is 6.92 Å². The second-order valence-corrected chi connectivity index (χ2v) is 9.11. The Labute approximate surface area is 227 Å². The summed E-state index contributed by atoms with van der Waals surface area (Å²) in [6.45, 7) is 12.1. The van der Waals surface area contributed by atoms with Crippen molar-refractivity contribution in [3.05, 3.63) is 25.3 Å². The summed E-state index contributed by atoms with van der Waals surface area (Å²) in [5, 5.41) is 0. The van der Waals surface area contributed by atoms with Gasteiger partial charge in [-0.1, -0.05) is 72.0 Å². The van der Waals surface area contributed by atoms with Crippen molar-refractivity contribution in [2.24, 2.45) is 0 Å².